The molecule has 3 aromatic carbocycles. The fourth-order valence-electron chi connectivity index (χ4n) is 3.99. The Hall–Kier alpha value is -3.84. The number of carbonyl (C=O) groups excluding carboxylic acids is 2. The van der Waals surface area contributed by atoms with Crippen LogP contribution < -0.4 is 15.5 Å². The average Bonchev–Trinajstić information content (AvgIpc) is 2.90. The molecule has 182 valence electrons. The monoisotopic (exact) mass is 473 g/mol. The number of hydrogen-bond acceptors (Lipinski definition) is 5. The molecule has 1 saturated heterocycles. The maximum Gasteiger partial charge on any atom is 0.408 e. The lowest BCUT2D eigenvalue weighted by molar-refractivity contribution is -0.118. The van der Waals surface area contributed by atoms with Crippen LogP contribution in [0.2, 0.25) is 0 Å². The Morgan fingerprint density at radius 1 is 0.943 bits per heavy atom. The van der Waals surface area contributed by atoms with Gasteiger partial charge in [0.25, 0.3) is 0 Å². The van der Waals surface area contributed by atoms with Gasteiger partial charge in [-0.25, -0.2) is 4.79 Å². The number of rotatable bonds is 8. The summed E-state index contributed by atoms with van der Waals surface area (Å²) < 4.78 is 10.8. The molecule has 35 heavy (non-hydrogen) atoms. The molecule has 1 aliphatic rings. The van der Waals surface area contributed by atoms with E-state index >= 15 is 0 Å². The average molecular weight is 474 g/mol. The third-order valence-corrected chi connectivity index (χ3v) is 5.95. The van der Waals surface area contributed by atoms with E-state index < -0.39 is 12.1 Å². The fourth-order valence-corrected chi connectivity index (χ4v) is 3.99. The van der Waals surface area contributed by atoms with Gasteiger partial charge in [-0.1, -0.05) is 60.7 Å². The number of benzene rings is 3. The van der Waals surface area contributed by atoms with Crippen molar-refractivity contribution in [3.63, 3.8) is 0 Å². The van der Waals surface area contributed by atoms with Crippen LogP contribution in [0.3, 0.4) is 0 Å². The fraction of sp³-hybridized carbons (Fsp3) is 0.286. The molecule has 2 amide bonds. The molecule has 0 aromatic heterocycles. The normalized spacial score (nSPS) is 14.1. The molecule has 0 radical (unpaired) electrons. The molecule has 1 aliphatic heterocycles. The molecule has 7 heteroatoms. The first-order valence-corrected chi connectivity index (χ1v) is 11.8. The molecule has 0 aliphatic carbocycles. The lowest BCUT2D eigenvalue weighted by Crippen LogP contribution is -2.45. The van der Waals surface area contributed by atoms with Crippen molar-refractivity contribution in [1.29, 1.82) is 0 Å². The Morgan fingerprint density at radius 2 is 1.60 bits per heavy atom. The summed E-state index contributed by atoms with van der Waals surface area (Å²) in [6, 6.07) is 24.2. The number of nitrogens with one attached hydrogen (secondary N) is 2. The van der Waals surface area contributed by atoms with Crippen LogP contribution in [0.1, 0.15) is 16.7 Å². The zero-order chi connectivity index (χ0) is 24.5. The van der Waals surface area contributed by atoms with Gasteiger partial charge < -0.3 is 25.0 Å². The number of amides is 2. The highest BCUT2D eigenvalue weighted by atomic mass is 16.5. The van der Waals surface area contributed by atoms with Crippen LogP contribution in [-0.2, 0) is 27.3 Å². The van der Waals surface area contributed by atoms with E-state index in [1.807, 2.05) is 79.7 Å². The van der Waals surface area contributed by atoms with E-state index in [2.05, 4.69) is 21.6 Å². The molecule has 1 atom stereocenters. The smallest absolute Gasteiger partial charge is 0.408 e. The van der Waals surface area contributed by atoms with Crippen LogP contribution in [-0.4, -0.2) is 44.3 Å². The van der Waals surface area contributed by atoms with Crippen molar-refractivity contribution in [2.24, 2.45) is 0 Å². The number of morpholine rings is 1. The summed E-state index contributed by atoms with van der Waals surface area (Å²) in [5.74, 6) is -0.298. The summed E-state index contributed by atoms with van der Waals surface area (Å²) in [4.78, 5) is 28.1. The van der Waals surface area contributed by atoms with Gasteiger partial charge in [-0.15, -0.1) is 0 Å². The van der Waals surface area contributed by atoms with Crippen LogP contribution in [0.4, 0.5) is 16.2 Å². The number of nitrogens with zero attached hydrogens (tertiary/aromatic N) is 1. The minimum Gasteiger partial charge on any atom is -0.445 e. The van der Waals surface area contributed by atoms with E-state index in [1.54, 1.807) is 0 Å². The van der Waals surface area contributed by atoms with Gasteiger partial charge in [0, 0.05) is 30.9 Å². The van der Waals surface area contributed by atoms with Gasteiger partial charge in [0.1, 0.15) is 12.6 Å². The van der Waals surface area contributed by atoms with Crippen molar-refractivity contribution in [2.45, 2.75) is 26.0 Å². The zero-order valence-electron chi connectivity index (χ0n) is 19.9. The second kappa shape index (κ2) is 12.0. The molecule has 4 rings (SSSR count). The molecule has 1 unspecified atom stereocenters. The summed E-state index contributed by atoms with van der Waals surface area (Å²) in [6.45, 7) is 5.22. The van der Waals surface area contributed by atoms with Gasteiger partial charge in [0.2, 0.25) is 5.91 Å². The topological polar surface area (TPSA) is 79.9 Å². The molecule has 0 bridgehead atoms. The van der Waals surface area contributed by atoms with Crippen LogP contribution in [0.15, 0.2) is 78.9 Å². The van der Waals surface area contributed by atoms with Gasteiger partial charge in [-0.2, -0.15) is 0 Å². The van der Waals surface area contributed by atoms with Gasteiger partial charge >= 0.3 is 6.09 Å². The summed E-state index contributed by atoms with van der Waals surface area (Å²) >= 11 is 0. The van der Waals surface area contributed by atoms with Gasteiger partial charge in [-0.3, -0.25) is 4.79 Å². The van der Waals surface area contributed by atoms with Gasteiger partial charge in [-0.05, 0) is 41.8 Å². The van der Waals surface area contributed by atoms with Gasteiger partial charge in [0.15, 0.2) is 0 Å². The third kappa shape index (κ3) is 7.07. The van der Waals surface area contributed by atoms with Crippen LogP contribution in [0.5, 0.6) is 0 Å². The van der Waals surface area contributed by atoms with Crippen LogP contribution >= 0.6 is 0 Å². The first-order valence-electron chi connectivity index (χ1n) is 11.8. The van der Waals surface area contributed by atoms with Crippen LogP contribution in [0.25, 0.3) is 0 Å². The lowest BCUT2D eigenvalue weighted by Gasteiger charge is -2.29. The number of aryl methyl sites for hydroxylation is 1. The summed E-state index contributed by atoms with van der Waals surface area (Å²) in [5, 5.41) is 5.73. The SMILES string of the molecule is Cc1cc(N2CCOCC2)ccc1NC(=O)C(Cc1ccccc1)NC(=O)OCc1ccccc1. The second-order valence-corrected chi connectivity index (χ2v) is 8.54. The summed E-state index contributed by atoms with van der Waals surface area (Å²) in [6.07, 6.45) is -0.290. The highest BCUT2D eigenvalue weighted by Crippen LogP contribution is 2.24. The maximum atomic E-state index is 13.3. The largest absolute Gasteiger partial charge is 0.445 e. The minimum absolute atomic E-state index is 0.133. The number of alkyl carbamates (subject to hydrolysis) is 1. The minimum atomic E-state index is -0.793. The zero-order valence-corrected chi connectivity index (χ0v) is 19.9. The highest BCUT2D eigenvalue weighted by molar-refractivity contribution is 5.97. The number of ether oxygens (including phenoxy) is 2. The second-order valence-electron chi connectivity index (χ2n) is 8.54. The molecule has 1 fully saturated rings. The quantitative estimate of drug-likeness (QED) is 0.510. The van der Waals surface area contributed by atoms with Crippen LogP contribution in [0, 0.1) is 6.92 Å². The van der Waals surface area contributed by atoms with Crippen molar-refractivity contribution in [3.8, 4) is 0 Å². The highest BCUT2D eigenvalue weighted by Gasteiger charge is 2.23. The molecule has 3 aromatic rings. The van der Waals surface area contributed by atoms with Crippen molar-refractivity contribution < 1.29 is 19.1 Å². The maximum absolute atomic E-state index is 13.3. The molecule has 0 spiro atoms. The Labute approximate surface area is 206 Å². The molecular formula is C28H31N3O4. The summed E-state index contributed by atoms with van der Waals surface area (Å²) in [5.41, 5.74) is 4.59. The van der Waals surface area contributed by atoms with Crippen molar-refractivity contribution in [2.75, 3.05) is 36.5 Å². The first kappa shape index (κ1) is 24.3. The van der Waals surface area contributed by atoms with Crippen molar-refractivity contribution in [1.82, 2.24) is 5.32 Å². The van der Waals surface area contributed by atoms with E-state index in [9.17, 15) is 9.59 Å². The van der Waals surface area contributed by atoms with E-state index in [0.29, 0.717) is 25.3 Å². The van der Waals surface area contributed by atoms with Gasteiger partial charge in [0.05, 0.1) is 13.2 Å². The molecule has 1 heterocycles. The first-order chi connectivity index (χ1) is 17.1. The van der Waals surface area contributed by atoms with Crippen molar-refractivity contribution >= 4 is 23.4 Å². The Balaban J connectivity index is 1.43. The van der Waals surface area contributed by atoms with E-state index in [4.69, 9.17) is 9.47 Å². The molecule has 2 N–H and O–H groups in total. The molecule has 0 saturated carbocycles. The standard InChI is InChI=1S/C28H31N3O4/c1-21-18-24(31-14-16-34-17-15-31)12-13-25(21)29-27(32)26(19-22-8-4-2-5-9-22)30-28(33)35-20-23-10-6-3-7-11-23/h2-13,18,26H,14-17,19-20H2,1H3,(H,29,32)(H,30,33). The Morgan fingerprint density at radius 3 is 2.26 bits per heavy atom. The Kier molecular flexibility index (Phi) is 8.35. The lowest BCUT2D eigenvalue weighted by atomic mass is 10.0. The number of anilines is 2. The van der Waals surface area contributed by atoms with Crippen molar-refractivity contribution in [3.05, 3.63) is 95.6 Å². The predicted molar refractivity (Wildman–Crippen MR) is 137 cm³/mol. The summed E-state index contributed by atoms with van der Waals surface area (Å²) in [7, 11) is 0. The molecular weight excluding hydrogens is 442 g/mol. The third-order valence-electron chi connectivity index (χ3n) is 5.95. The number of carbonyl (C=O) groups is 2. The Bertz CT molecular complexity index is 1120. The number of hydrogen-bond donors (Lipinski definition) is 2. The van der Waals surface area contributed by atoms with E-state index in [0.717, 1.165) is 35.5 Å². The van der Waals surface area contributed by atoms with E-state index in [-0.39, 0.29) is 12.5 Å². The predicted octanol–water partition coefficient (Wildman–Crippen LogP) is 4.31. The molecule has 7 nitrogen and oxygen atoms in total. The van der Waals surface area contributed by atoms with E-state index in [1.165, 1.54) is 0 Å².